The molecule has 1 fully saturated rings. The number of amides is 4. The van der Waals surface area contributed by atoms with Gasteiger partial charge in [0.15, 0.2) is 17.6 Å². The molecule has 4 amide bonds. The van der Waals surface area contributed by atoms with Crippen LogP contribution in [-0.2, 0) is 25.7 Å². The lowest BCUT2D eigenvalue weighted by Gasteiger charge is -2.19. The van der Waals surface area contributed by atoms with Crippen LogP contribution in [0.25, 0.3) is 0 Å². The number of urea groups is 1. The molecule has 0 bridgehead atoms. The SMILES string of the molecule is CC[C@@]1(C)NC(=O)N(CC(=O)O[C@H](C)C(=O)NCc2ccc3c(c2)OCO3)C1=O. The van der Waals surface area contributed by atoms with E-state index in [1.165, 1.54) is 6.92 Å². The largest absolute Gasteiger partial charge is 0.454 e. The standard InChI is InChI=1S/C19H23N3O7/c1-4-19(3)17(25)22(18(26)21-19)9-15(23)29-11(2)16(24)20-8-12-5-6-13-14(7-12)28-10-27-13/h5-7,11H,4,8-10H2,1-3H3,(H,20,24)(H,21,26)/t11-,19-/m1/s1. The Morgan fingerprint density at radius 1 is 1.31 bits per heavy atom. The quantitative estimate of drug-likeness (QED) is 0.505. The molecule has 0 saturated carbocycles. The van der Waals surface area contributed by atoms with Gasteiger partial charge in [-0.25, -0.2) is 4.79 Å². The molecule has 2 atom stereocenters. The topological polar surface area (TPSA) is 123 Å². The predicted molar refractivity (Wildman–Crippen MR) is 98.9 cm³/mol. The van der Waals surface area contributed by atoms with Crippen LogP contribution in [0.15, 0.2) is 18.2 Å². The highest BCUT2D eigenvalue weighted by molar-refractivity contribution is 6.08. The predicted octanol–water partition coefficient (Wildman–Crippen LogP) is 0.684. The molecule has 0 spiro atoms. The molecule has 0 aromatic heterocycles. The van der Waals surface area contributed by atoms with Gasteiger partial charge in [-0.05, 0) is 38.0 Å². The first-order valence-electron chi connectivity index (χ1n) is 9.23. The number of rotatable bonds is 7. The van der Waals surface area contributed by atoms with Gasteiger partial charge in [0, 0.05) is 6.54 Å². The summed E-state index contributed by atoms with van der Waals surface area (Å²) in [5, 5.41) is 5.20. The first-order valence-corrected chi connectivity index (χ1v) is 9.23. The van der Waals surface area contributed by atoms with E-state index in [0.29, 0.717) is 17.9 Å². The number of hydrogen-bond donors (Lipinski definition) is 2. The zero-order valence-electron chi connectivity index (χ0n) is 16.4. The van der Waals surface area contributed by atoms with Crippen molar-refractivity contribution in [3.8, 4) is 11.5 Å². The zero-order chi connectivity index (χ0) is 21.2. The van der Waals surface area contributed by atoms with Crippen molar-refractivity contribution in [2.24, 2.45) is 0 Å². The molecule has 1 aromatic rings. The second kappa shape index (κ2) is 7.98. The van der Waals surface area contributed by atoms with Crippen LogP contribution in [0, 0.1) is 0 Å². The van der Waals surface area contributed by atoms with Gasteiger partial charge in [-0.3, -0.25) is 19.3 Å². The van der Waals surface area contributed by atoms with Gasteiger partial charge in [-0.2, -0.15) is 0 Å². The van der Waals surface area contributed by atoms with Gasteiger partial charge in [0.25, 0.3) is 11.8 Å². The van der Waals surface area contributed by atoms with Gasteiger partial charge >= 0.3 is 12.0 Å². The van der Waals surface area contributed by atoms with Crippen LogP contribution in [0.1, 0.15) is 32.8 Å². The fourth-order valence-corrected chi connectivity index (χ4v) is 2.93. The van der Waals surface area contributed by atoms with Crippen molar-refractivity contribution >= 4 is 23.8 Å². The first kappa shape index (κ1) is 20.4. The molecule has 2 aliphatic rings. The minimum atomic E-state index is -1.09. The minimum Gasteiger partial charge on any atom is -0.454 e. The zero-order valence-corrected chi connectivity index (χ0v) is 16.4. The van der Waals surface area contributed by atoms with Crippen LogP contribution in [-0.4, -0.2) is 53.7 Å². The van der Waals surface area contributed by atoms with E-state index in [1.54, 1.807) is 32.0 Å². The third-order valence-electron chi connectivity index (χ3n) is 4.92. The third kappa shape index (κ3) is 4.25. The summed E-state index contributed by atoms with van der Waals surface area (Å²) in [6.45, 7) is 4.57. The first-order chi connectivity index (χ1) is 13.7. The Morgan fingerprint density at radius 3 is 2.72 bits per heavy atom. The smallest absolute Gasteiger partial charge is 0.327 e. The number of nitrogens with one attached hydrogen (secondary N) is 2. The van der Waals surface area contributed by atoms with Gasteiger partial charge in [0.2, 0.25) is 6.79 Å². The number of imide groups is 1. The second-order valence-electron chi connectivity index (χ2n) is 7.04. The summed E-state index contributed by atoms with van der Waals surface area (Å²) >= 11 is 0. The van der Waals surface area contributed by atoms with Gasteiger partial charge in [-0.1, -0.05) is 13.0 Å². The molecular formula is C19H23N3O7. The fraction of sp³-hybridized carbons (Fsp3) is 0.474. The normalized spacial score (nSPS) is 21.0. The number of fused-ring (bicyclic) bond motifs is 1. The van der Waals surface area contributed by atoms with E-state index in [-0.39, 0.29) is 13.3 Å². The number of benzene rings is 1. The molecular weight excluding hydrogens is 382 g/mol. The van der Waals surface area contributed by atoms with E-state index in [4.69, 9.17) is 14.2 Å². The number of nitrogens with zero attached hydrogens (tertiary/aromatic N) is 1. The Labute approximate surface area is 167 Å². The van der Waals surface area contributed by atoms with E-state index >= 15 is 0 Å². The highest BCUT2D eigenvalue weighted by Crippen LogP contribution is 2.32. The Morgan fingerprint density at radius 2 is 2.03 bits per heavy atom. The van der Waals surface area contributed by atoms with Gasteiger partial charge in [0.1, 0.15) is 12.1 Å². The number of carbonyl (C=O) groups is 4. The lowest BCUT2D eigenvalue weighted by molar-refractivity contribution is -0.156. The number of esters is 1. The fourth-order valence-electron chi connectivity index (χ4n) is 2.93. The second-order valence-corrected chi connectivity index (χ2v) is 7.04. The average molecular weight is 405 g/mol. The Bertz CT molecular complexity index is 856. The van der Waals surface area contributed by atoms with E-state index < -0.39 is 42.0 Å². The van der Waals surface area contributed by atoms with Crippen LogP contribution < -0.4 is 20.1 Å². The van der Waals surface area contributed by atoms with Crippen LogP contribution in [0.5, 0.6) is 11.5 Å². The summed E-state index contributed by atoms with van der Waals surface area (Å²) in [5.74, 6) is -0.612. The monoisotopic (exact) mass is 405 g/mol. The molecule has 0 unspecified atom stereocenters. The van der Waals surface area contributed by atoms with Crippen molar-refractivity contribution in [3.05, 3.63) is 23.8 Å². The number of hydrogen-bond acceptors (Lipinski definition) is 7. The summed E-state index contributed by atoms with van der Waals surface area (Å²) in [5.41, 5.74) is -0.246. The maximum Gasteiger partial charge on any atom is 0.327 e. The molecule has 10 nitrogen and oxygen atoms in total. The van der Waals surface area contributed by atoms with Crippen molar-refractivity contribution in [1.82, 2.24) is 15.5 Å². The highest BCUT2D eigenvalue weighted by atomic mass is 16.7. The molecule has 2 N–H and O–H groups in total. The molecule has 0 radical (unpaired) electrons. The Balaban J connectivity index is 1.48. The van der Waals surface area contributed by atoms with Gasteiger partial charge in [-0.15, -0.1) is 0 Å². The summed E-state index contributed by atoms with van der Waals surface area (Å²) in [6.07, 6.45) is -0.697. The maximum absolute atomic E-state index is 12.3. The molecule has 0 aliphatic carbocycles. The molecule has 2 heterocycles. The highest BCUT2D eigenvalue weighted by Gasteiger charge is 2.47. The lowest BCUT2D eigenvalue weighted by atomic mass is 9.99. The minimum absolute atomic E-state index is 0.160. The summed E-state index contributed by atoms with van der Waals surface area (Å²) in [6, 6.07) is 4.63. The number of carbonyl (C=O) groups excluding carboxylic acids is 4. The van der Waals surface area contributed by atoms with E-state index in [2.05, 4.69) is 10.6 Å². The lowest BCUT2D eigenvalue weighted by Crippen LogP contribution is -2.44. The molecule has 29 heavy (non-hydrogen) atoms. The van der Waals surface area contributed by atoms with Crippen molar-refractivity contribution in [1.29, 1.82) is 0 Å². The van der Waals surface area contributed by atoms with Crippen molar-refractivity contribution in [3.63, 3.8) is 0 Å². The van der Waals surface area contributed by atoms with Crippen molar-refractivity contribution in [2.75, 3.05) is 13.3 Å². The number of ether oxygens (including phenoxy) is 3. The third-order valence-corrected chi connectivity index (χ3v) is 4.92. The Hall–Kier alpha value is -3.30. The average Bonchev–Trinajstić information content (AvgIpc) is 3.24. The van der Waals surface area contributed by atoms with Crippen molar-refractivity contribution < 1.29 is 33.4 Å². The summed E-state index contributed by atoms with van der Waals surface area (Å²) in [7, 11) is 0. The van der Waals surface area contributed by atoms with Crippen LogP contribution in [0.3, 0.4) is 0 Å². The maximum atomic E-state index is 12.3. The van der Waals surface area contributed by atoms with Crippen molar-refractivity contribution in [2.45, 2.75) is 45.4 Å². The molecule has 1 saturated heterocycles. The van der Waals surface area contributed by atoms with Gasteiger partial charge in [0.05, 0.1) is 0 Å². The van der Waals surface area contributed by atoms with E-state index in [1.807, 2.05) is 0 Å². The Kier molecular flexibility index (Phi) is 5.62. The molecule has 156 valence electrons. The van der Waals surface area contributed by atoms with Crippen LogP contribution in [0.4, 0.5) is 4.79 Å². The molecule has 2 aliphatic heterocycles. The molecule has 1 aromatic carbocycles. The van der Waals surface area contributed by atoms with Crippen LogP contribution in [0.2, 0.25) is 0 Å². The molecule has 3 rings (SSSR count). The van der Waals surface area contributed by atoms with E-state index in [0.717, 1.165) is 10.5 Å². The van der Waals surface area contributed by atoms with Crippen LogP contribution >= 0.6 is 0 Å². The van der Waals surface area contributed by atoms with Gasteiger partial charge < -0.3 is 24.8 Å². The van der Waals surface area contributed by atoms with E-state index in [9.17, 15) is 19.2 Å². The molecule has 10 heteroatoms. The summed E-state index contributed by atoms with van der Waals surface area (Å²) < 4.78 is 15.6. The summed E-state index contributed by atoms with van der Waals surface area (Å²) in [4.78, 5) is 49.3.